The van der Waals surface area contributed by atoms with E-state index < -0.39 is 0 Å². The van der Waals surface area contributed by atoms with Crippen LogP contribution in [0.3, 0.4) is 0 Å². The van der Waals surface area contributed by atoms with Gasteiger partial charge in [0, 0.05) is 12.6 Å². The zero-order valence-electron chi connectivity index (χ0n) is 6.81. The number of hydrogen-bond acceptors (Lipinski definition) is 4. The van der Waals surface area contributed by atoms with Crippen LogP contribution in [0, 0.1) is 0 Å². The lowest BCUT2D eigenvalue weighted by Crippen LogP contribution is -2.42. The number of hydrogen-bond donors (Lipinski definition) is 2. The maximum absolute atomic E-state index is 8.37. The number of nitrogens with two attached hydrogens (primary N) is 1. The van der Waals surface area contributed by atoms with E-state index in [9.17, 15) is 0 Å². The number of likely N-dealkylation sites (tertiary alicyclic amines) is 1. The van der Waals surface area contributed by atoms with Crippen LogP contribution in [0.4, 0.5) is 0 Å². The quantitative estimate of drug-likeness (QED) is 0.247. The van der Waals surface area contributed by atoms with Crippen molar-refractivity contribution >= 4 is 5.84 Å². The highest BCUT2D eigenvalue weighted by molar-refractivity contribution is 5.81. The van der Waals surface area contributed by atoms with Crippen LogP contribution in [0.5, 0.6) is 0 Å². The van der Waals surface area contributed by atoms with E-state index in [0.717, 1.165) is 19.6 Å². The predicted molar refractivity (Wildman–Crippen MR) is 43.1 cm³/mol. The summed E-state index contributed by atoms with van der Waals surface area (Å²) in [5, 5.41) is 11.3. The van der Waals surface area contributed by atoms with Gasteiger partial charge >= 0.3 is 0 Å². The van der Waals surface area contributed by atoms with Crippen molar-refractivity contribution in [2.45, 2.75) is 18.6 Å². The number of nitrogens with zero attached hydrogens (tertiary/aromatic N) is 2. The Kier molecular flexibility index (Phi) is 1.90. The first-order valence-electron chi connectivity index (χ1n) is 4.11. The summed E-state index contributed by atoms with van der Waals surface area (Å²) in [6.45, 7) is 2.27. The standard InChI is InChI=1S/C7H13N3O2/c8-7(9-11)3-10-2-6-1-5(10)4-12-6/h5-6,11H,1-4H2,(H2,8,9)/t5-,6+/m0/s1. The lowest BCUT2D eigenvalue weighted by Gasteiger charge is -2.25. The van der Waals surface area contributed by atoms with Crippen molar-refractivity contribution in [3.8, 4) is 0 Å². The molecule has 0 aromatic rings. The third-order valence-electron chi connectivity index (χ3n) is 2.51. The minimum atomic E-state index is 0.280. The van der Waals surface area contributed by atoms with Gasteiger partial charge in [0.1, 0.15) is 0 Å². The molecular weight excluding hydrogens is 158 g/mol. The van der Waals surface area contributed by atoms with Crippen LogP contribution in [0.15, 0.2) is 5.16 Å². The Hall–Kier alpha value is -0.810. The topological polar surface area (TPSA) is 71.1 Å². The molecule has 3 N–H and O–H groups in total. The molecule has 12 heavy (non-hydrogen) atoms. The molecule has 2 saturated heterocycles. The second-order valence-corrected chi connectivity index (χ2v) is 3.37. The van der Waals surface area contributed by atoms with Crippen molar-refractivity contribution in [1.29, 1.82) is 0 Å². The first-order chi connectivity index (χ1) is 5.79. The molecule has 2 rings (SSSR count). The number of rotatable bonds is 2. The summed E-state index contributed by atoms with van der Waals surface area (Å²) in [5.41, 5.74) is 5.40. The molecule has 2 heterocycles. The molecule has 5 nitrogen and oxygen atoms in total. The highest BCUT2D eigenvalue weighted by Gasteiger charge is 2.38. The third-order valence-corrected chi connectivity index (χ3v) is 2.51. The van der Waals surface area contributed by atoms with E-state index in [0.29, 0.717) is 18.7 Å². The van der Waals surface area contributed by atoms with E-state index in [-0.39, 0.29) is 5.84 Å². The third kappa shape index (κ3) is 1.25. The van der Waals surface area contributed by atoms with Crippen molar-refractivity contribution < 1.29 is 9.94 Å². The molecule has 2 aliphatic heterocycles. The second kappa shape index (κ2) is 2.91. The molecule has 5 heteroatoms. The van der Waals surface area contributed by atoms with Crippen LogP contribution in [0.2, 0.25) is 0 Å². The van der Waals surface area contributed by atoms with Gasteiger partial charge in [0.05, 0.1) is 19.3 Å². The largest absolute Gasteiger partial charge is 0.409 e. The molecule has 2 bridgehead atoms. The summed E-state index contributed by atoms with van der Waals surface area (Å²) in [6, 6.07) is 0.482. The molecule has 68 valence electrons. The van der Waals surface area contributed by atoms with Crippen LogP contribution >= 0.6 is 0 Å². The van der Waals surface area contributed by atoms with Crippen LogP contribution in [0.1, 0.15) is 6.42 Å². The summed E-state index contributed by atoms with van der Waals surface area (Å²) < 4.78 is 5.41. The minimum Gasteiger partial charge on any atom is -0.409 e. The van der Waals surface area contributed by atoms with Gasteiger partial charge in [0.15, 0.2) is 5.84 Å². The SMILES string of the molecule is N/C(CN1C[C@H]2C[C@H]1CO2)=N/O. The van der Waals surface area contributed by atoms with Crippen molar-refractivity contribution in [2.24, 2.45) is 10.9 Å². The van der Waals surface area contributed by atoms with Crippen LogP contribution in [-0.4, -0.2) is 47.8 Å². The van der Waals surface area contributed by atoms with E-state index in [1.165, 1.54) is 0 Å². The van der Waals surface area contributed by atoms with E-state index in [4.69, 9.17) is 15.7 Å². The van der Waals surface area contributed by atoms with Crippen LogP contribution in [-0.2, 0) is 4.74 Å². The van der Waals surface area contributed by atoms with E-state index >= 15 is 0 Å². The monoisotopic (exact) mass is 171 g/mol. The van der Waals surface area contributed by atoms with Gasteiger partial charge in [-0.15, -0.1) is 0 Å². The molecule has 0 aromatic heterocycles. The van der Waals surface area contributed by atoms with Gasteiger partial charge in [0.25, 0.3) is 0 Å². The summed E-state index contributed by atoms with van der Waals surface area (Å²) in [4.78, 5) is 2.20. The second-order valence-electron chi connectivity index (χ2n) is 3.37. The van der Waals surface area contributed by atoms with Crippen molar-refractivity contribution in [1.82, 2.24) is 4.90 Å². The van der Waals surface area contributed by atoms with Crippen molar-refractivity contribution in [3.05, 3.63) is 0 Å². The Morgan fingerprint density at radius 3 is 3.08 bits per heavy atom. The smallest absolute Gasteiger partial charge is 0.153 e. The Morgan fingerprint density at radius 1 is 1.75 bits per heavy atom. The van der Waals surface area contributed by atoms with Gasteiger partial charge in [-0.1, -0.05) is 5.16 Å². The van der Waals surface area contributed by atoms with E-state index in [1.807, 2.05) is 0 Å². The summed E-state index contributed by atoms with van der Waals surface area (Å²) in [7, 11) is 0. The zero-order valence-corrected chi connectivity index (χ0v) is 6.81. The summed E-state index contributed by atoms with van der Waals surface area (Å²) in [5.74, 6) is 0.280. The Balaban J connectivity index is 1.91. The van der Waals surface area contributed by atoms with Gasteiger partial charge in [-0.2, -0.15) is 0 Å². The summed E-state index contributed by atoms with van der Waals surface area (Å²) in [6.07, 6.45) is 1.47. The fourth-order valence-electron chi connectivity index (χ4n) is 1.91. The zero-order chi connectivity index (χ0) is 8.55. The number of fused-ring (bicyclic) bond motifs is 2. The molecular formula is C7H13N3O2. The number of amidine groups is 1. The maximum Gasteiger partial charge on any atom is 0.153 e. The minimum absolute atomic E-state index is 0.280. The fourth-order valence-corrected chi connectivity index (χ4v) is 1.91. The predicted octanol–water partition coefficient (Wildman–Crippen LogP) is -0.794. The number of oxime groups is 1. The van der Waals surface area contributed by atoms with E-state index in [2.05, 4.69) is 10.1 Å². The molecule has 0 amide bonds. The highest BCUT2D eigenvalue weighted by atomic mass is 16.5. The first-order valence-corrected chi connectivity index (χ1v) is 4.11. The number of ether oxygens (including phenoxy) is 1. The van der Waals surface area contributed by atoms with Crippen molar-refractivity contribution in [3.63, 3.8) is 0 Å². The average Bonchev–Trinajstić information content (AvgIpc) is 2.64. The molecule has 0 radical (unpaired) electrons. The Morgan fingerprint density at radius 2 is 2.58 bits per heavy atom. The highest BCUT2D eigenvalue weighted by Crippen LogP contribution is 2.26. The normalized spacial score (nSPS) is 36.2. The Bertz CT molecular complexity index is 207. The molecule has 0 aliphatic carbocycles. The van der Waals surface area contributed by atoms with Gasteiger partial charge in [-0.25, -0.2) is 0 Å². The van der Waals surface area contributed by atoms with Crippen LogP contribution < -0.4 is 5.73 Å². The van der Waals surface area contributed by atoms with Crippen molar-refractivity contribution in [2.75, 3.05) is 19.7 Å². The molecule has 0 saturated carbocycles. The number of morpholine rings is 1. The molecule has 0 aromatic carbocycles. The first kappa shape index (κ1) is 7.82. The van der Waals surface area contributed by atoms with Gasteiger partial charge in [0.2, 0.25) is 0 Å². The Labute approximate surface area is 70.8 Å². The van der Waals surface area contributed by atoms with Crippen LogP contribution in [0.25, 0.3) is 0 Å². The molecule has 2 aliphatic rings. The fraction of sp³-hybridized carbons (Fsp3) is 0.857. The van der Waals surface area contributed by atoms with Gasteiger partial charge < -0.3 is 15.7 Å². The summed E-state index contributed by atoms with van der Waals surface area (Å²) >= 11 is 0. The molecule has 0 spiro atoms. The molecule has 2 fully saturated rings. The van der Waals surface area contributed by atoms with Gasteiger partial charge in [-0.05, 0) is 6.42 Å². The lowest BCUT2D eigenvalue weighted by atomic mass is 10.2. The molecule has 0 unspecified atom stereocenters. The van der Waals surface area contributed by atoms with E-state index in [1.54, 1.807) is 0 Å². The average molecular weight is 171 g/mol. The molecule has 2 atom stereocenters. The van der Waals surface area contributed by atoms with Gasteiger partial charge in [-0.3, -0.25) is 4.90 Å². The lowest BCUT2D eigenvalue weighted by molar-refractivity contribution is 0.0368. The maximum atomic E-state index is 8.37.